The molecule has 6 heteroatoms. The number of nitrogens with one attached hydrogen (secondary N) is 2. The second kappa shape index (κ2) is 9.91. The molecule has 0 unspecified atom stereocenters. The van der Waals surface area contributed by atoms with Gasteiger partial charge in [0.05, 0.1) is 18.8 Å². The van der Waals surface area contributed by atoms with Crippen molar-refractivity contribution in [1.29, 1.82) is 0 Å². The molecule has 1 amide bonds. The van der Waals surface area contributed by atoms with Crippen molar-refractivity contribution in [2.75, 3.05) is 37.0 Å². The highest BCUT2D eigenvalue weighted by Gasteiger charge is 2.08. The molecule has 0 aromatic heterocycles. The van der Waals surface area contributed by atoms with Crippen molar-refractivity contribution >= 4 is 28.9 Å². The number of hydrogen-bond donors (Lipinski definition) is 2. The maximum atomic E-state index is 12.2. The summed E-state index contributed by atoms with van der Waals surface area (Å²) in [6.07, 6.45) is 0. The highest BCUT2D eigenvalue weighted by atomic mass is 35.5. The number of halogens is 1. The lowest BCUT2D eigenvalue weighted by molar-refractivity contribution is -0.114. The first-order valence-electron chi connectivity index (χ1n) is 8.20. The van der Waals surface area contributed by atoms with Crippen LogP contribution in [0.25, 0.3) is 0 Å². The van der Waals surface area contributed by atoms with Crippen LogP contribution < -0.4 is 15.4 Å². The molecule has 0 heterocycles. The Morgan fingerprint density at radius 1 is 1.08 bits per heavy atom. The minimum atomic E-state index is -0.158. The molecule has 0 aliphatic rings. The summed E-state index contributed by atoms with van der Waals surface area (Å²) in [6.45, 7) is 5.58. The van der Waals surface area contributed by atoms with Crippen LogP contribution in [0.15, 0.2) is 42.5 Å². The Labute approximate surface area is 153 Å². The fraction of sp³-hybridized carbons (Fsp3) is 0.316. The third kappa shape index (κ3) is 5.96. The normalized spacial score (nSPS) is 10.4. The van der Waals surface area contributed by atoms with E-state index in [2.05, 4.69) is 10.6 Å². The van der Waals surface area contributed by atoms with Crippen molar-refractivity contribution in [2.45, 2.75) is 13.8 Å². The average Bonchev–Trinajstić information content (AvgIpc) is 2.62. The number of benzene rings is 2. The lowest BCUT2D eigenvalue weighted by Crippen LogP contribution is -2.22. The number of carbonyl (C=O) groups excluding carboxylic acids is 1. The quantitative estimate of drug-likeness (QED) is 0.659. The van der Waals surface area contributed by atoms with Gasteiger partial charge in [-0.2, -0.15) is 0 Å². The highest BCUT2D eigenvalue weighted by Crippen LogP contribution is 2.24. The van der Waals surface area contributed by atoms with Crippen LogP contribution in [0.1, 0.15) is 12.5 Å². The van der Waals surface area contributed by atoms with Crippen molar-refractivity contribution in [3.05, 3.63) is 53.1 Å². The minimum absolute atomic E-state index is 0.123. The third-order valence-electron chi connectivity index (χ3n) is 3.56. The molecular weight excluding hydrogens is 340 g/mol. The van der Waals surface area contributed by atoms with Crippen LogP contribution in [0.5, 0.6) is 5.75 Å². The maximum Gasteiger partial charge on any atom is 0.243 e. The number of carbonyl (C=O) groups is 1. The van der Waals surface area contributed by atoms with Crippen LogP contribution in [0, 0.1) is 6.92 Å². The van der Waals surface area contributed by atoms with E-state index in [1.54, 1.807) is 12.1 Å². The van der Waals surface area contributed by atoms with Crippen LogP contribution in [0.3, 0.4) is 0 Å². The van der Waals surface area contributed by atoms with Crippen molar-refractivity contribution in [2.24, 2.45) is 0 Å². The molecule has 0 spiro atoms. The van der Waals surface area contributed by atoms with Gasteiger partial charge in [-0.15, -0.1) is 0 Å². The molecule has 0 saturated heterocycles. The Morgan fingerprint density at radius 2 is 1.84 bits per heavy atom. The largest absolute Gasteiger partial charge is 0.489 e. The smallest absolute Gasteiger partial charge is 0.243 e. The Hall–Kier alpha value is -2.24. The lowest BCUT2D eigenvalue weighted by atomic mass is 10.2. The molecule has 0 aliphatic heterocycles. The van der Waals surface area contributed by atoms with Gasteiger partial charge in [-0.3, -0.25) is 4.79 Å². The molecule has 25 heavy (non-hydrogen) atoms. The van der Waals surface area contributed by atoms with Crippen LogP contribution in [0.2, 0.25) is 5.02 Å². The van der Waals surface area contributed by atoms with Gasteiger partial charge >= 0.3 is 0 Å². The monoisotopic (exact) mass is 362 g/mol. The molecule has 2 N–H and O–H groups in total. The summed E-state index contributed by atoms with van der Waals surface area (Å²) in [5, 5.41) is 6.58. The standard InChI is InChI=1S/C19H23ClN2O3/c1-3-24-11-12-25-18-10-5-4-8-17(18)21-13-19(23)22-16-9-6-7-15(20)14(16)2/h4-10,21H,3,11-13H2,1-2H3,(H,22,23). The van der Waals surface area contributed by atoms with E-state index in [9.17, 15) is 4.79 Å². The molecule has 0 radical (unpaired) electrons. The second-order valence-corrected chi connectivity index (χ2v) is 5.76. The van der Waals surface area contributed by atoms with E-state index in [4.69, 9.17) is 21.1 Å². The molecule has 0 atom stereocenters. The van der Waals surface area contributed by atoms with Gasteiger partial charge in [0.15, 0.2) is 0 Å². The maximum absolute atomic E-state index is 12.2. The van der Waals surface area contributed by atoms with E-state index >= 15 is 0 Å². The predicted octanol–water partition coefficient (Wildman–Crippen LogP) is 4.11. The van der Waals surface area contributed by atoms with Gasteiger partial charge in [0.1, 0.15) is 12.4 Å². The fourth-order valence-corrected chi connectivity index (χ4v) is 2.38. The molecule has 2 aromatic rings. The van der Waals surface area contributed by atoms with E-state index in [1.807, 2.05) is 44.2 Å². The summed E-state index contributed by atoms with van der Waals surface area (Å²) in [5.41, 5.74) is 2.31. The number of anilines is 2. The first-order valence-corrected chi connectivity index (χ1v) is 8.58. The third-order valence-corrected chi connectivity index (χ3v) is 3.97. The average molecular weight is 363 g/mol. The summed E-state index contributed by atoms with van der Waals surface area (Å²) in [4.78, 5) is 12.2. The first-order chi connectivity index (χ1) is 12.1. The van der Waals surface area contributed by atoms with Gasteiger partial charge in [-0.05, 0) is 43.7 Å². The van der Waals surface area contributed by atoms with E-state index in [1.165, 1.54) is 0 Å². The number of rotatable bonds is 9. The van der Waals surface area contributed by atoms with Crippen molar-refractivity contribution in [3.63, 3.8) is 0 Å². The Kier molecular flexibility index (Phi) is 7.57. The molecule has 0 fully saturated rings. The van der Waals surface area contributed by atoms with Crippen LogP contribution in [-0.4, -0.2) is 32.3 Å². The van der Waals surface area contributed by atoms with Crippen molar-refractivity contribution in [3.8, 4) is 5.75 Å². The van der Waals surface area contributed by atoms with Gasteiger partial charge in [0, 0.05) is 17.3 Å². The molecule has 0 saturated carbocycles. The fourth-order valence-electron chi connectivity index (χ4n) is 2.21. The second-order valence-electron chi connectivity index (χ2n) is 5.36. The van der Waals surface area contributed by atoms with Crippen LogP contribution >= 0.6 is 11.6 Å². The molecule has 2 rings (SSSR count). The number of amides is 1. The highest BCUT2D eigenvalue weighted by molar-refractivity contribution is 6.31. The van der Waals surface area contributed by atoms with Crippen LogP contribution in [-0.2, 0) is 9.53 Å². The predicted molar refractivity (Wildman–Crippen MR) is 102 cm³/mol. The summed E-state index contributed by atoms with van der Waals surface area (Å²) >= 11 is 6.07. The molecular formula is C19H23ClN2O3. The number of ether oxygens (including phenoxy) is 2. The van der Waals surface area contributed by atoms with E-state index in [0.717, 1.165) is 11.3 Å². The Morgan fingerprint density at radius 3 is 2.64 bits per heavy atom. The zero-order chi connectivity index (χ0) is 18.1. The summed E-state index contributed by atoms with van der Waals surface area (Å²) in [7, 11) is 0. The Bertz CT molecular complexity index is 707. The topological polar surface area (TPSA) is 59.6 Å². The van der Waals surface area contributed by atoms with Gasteiger partial charge in [0.25, 0.3) is 0 Å². The summed E-state index contributed by atoms with van der Waals surface area (Å²) < 4.78 is 10.9. The van der Waals surface area contributed by atoms with E-state index in [-0.39, 0.29) is 12.5 Å². The number of hydrogen-bond acceptors (Lipinski definition) is 4. The zero-order valence-corrected chi connectivity index (χ0v) is 15.2. The molecule has 0 aliphatic carbocycles. The molecule has 134 valence electrons. The van der Waals surface area contributed by atoms with Gasteiger partial charge in [-0.1, -0.05) is 29.8 Å². The molecule has 5 nitrogen and oxygen atoms in total. The minimum Gasteiger partial charge on any atom is -0.489 e. The Balaban J connectivity index is 1.90. The van der Waals surface area contributed by atoms with E-state index in [0.29, 0.717) is 36.3 Å². The van der Waals surface area contributed by atoms with Crippen LogP contribution in [0.4, 0.5) is 11.4 Å². The molecule has 0 bridgehead atoms. The number of para-hydroxylation sites is 2. The van der Waals surface area contributed by atoms with Gasteiger partial charge < -0.3 is 20.1 Å². The lowest BCUT2D eigenvalue weighted by Gasteiger charge is -2.14. The summed E-state index contributed by atoms with van der Waals surface area (Å²) in [5.74, 6) is 0.531. The van der Waals surface area contributed by atoms with Gasteiger partial charge in [0.2, 0.25) is 5.91 Å². The van der Waals surface area contributed by atoms with Crippen molar-refractivity contribution in [1.82, 2.24) is 0 Å². The summed E-state index contributed by atoms with van der Waals surface area (Å²) in [6, 6.07) is 12.9. The van der Waals surface area contributed by atoms with Crippen molar-refractivity contribution < 1.29 is 14.3 Å². The van der Waals surface area contributed by atoms with E-state index < -0.39 is 0 Å². The zero-order valence-electron chi connectivity index (χ0n) is 14.5. The first kappa shape index (κ1) is 19.1. The molecule has 2 aromatic carbocycles. The van der Waals surface area contributed by atoms with Gasteiger partial charge in [-0.25, -0.2) is 0 Å². The SMILES string of the molecule is CCOCCOc1ccccc1NCC(=O)Nc1cccc(Cl)c1C.